The topological polar surface area (TPSA) is 82.9 Å². The lowest BCUT2D eigenvalue weighted by Gasteiger charge is -2.07. The Morgan fingerprint density at radius 3 is 2.27 bits per heavy atom. The van der Waals surface area contributed by atoms with Crippen molar-refractivity contribution in [2.45, 2.75) is 6.54 Å². The second-order valence-electron chi connectivity index (χ2n) is 5.62. The third kappa shape index (κ3) is 2.98. The third-order valence-electron chi connectivity index (χ3n) is 3.90. The molecule has 0 aliphatic rings. The van der Waals surface area contributed by atoms with Gasteiger partial charge in [0.15, 0.2) is 0 Å². The number of rotatable bonds is 4. The lowest BCUT2D eigenvalue weighted by atomic mass is 10.2. The maximum atomic E-state index is 12.4. The standard InChI is InChI=1S/C19H14N4O3/c24-18-19(25)23(15-9-5-2-6-10-15)12-11-22(18)13-16-20-17(21-26-16)14-7-3-1-4-8-14/h1-12H,13H2. The Morgan fingerprint density at radius 1 is 0.846 bits per heavy atom. The third-order valence-corrected chi connectivity index (χ3v) is 3.90. The van der Waals surface area contributed by atoms with E-state index in [0.29, 0.717) is 11.5 Å². The molecule has 0 radical (unpaired) electrons. The molecule has 0 N–H and O–H groups in total. The quantitative estimate of drug-likeness (QED) is 0.529. The Kier molecular flexibility index (Phi) is 4.03. The fourth-order valence-corrected chi connectivity index (χ4v) is 2.59. The molecule has 7 heteroatoms. The number of aromatic nitrogens is 4. The van der Waals surface area contributed by atoms with E-state index >= 15 is 0 Å². The van der Waals surface area contributed by atoms with Crippen molar-refractivity contribution in [2.24, 2.45) is 0 Å². The molecule has 0 bridgehead atoms. The van der Waals surface area contributed by atoms with Crippen molar-refractivity contribution in [2.75, 3.05) is 0 Å². The summed E-state index contributed by atoms with van der Waals surface area (Å²) in [6.45, 7) is 0.0313. The molecule has 0 aliphatic heterocycles. The Hall–Kier alpha value is -3.74. The average molecular weight is 346 g/mol. The lowest BCUT2D eigenvalue weighted by molar-refractivity contribution is 0.369. The van der Waals surface area contributed by atoms with Crippen LogP contribution in [0, 0.1) is 0 Å². The van der Waals surface area contributed by atoms with Crippen LogP contribution in [0.15, 0.2) is 87.2 Å². The van der Waals surface area contributed by atoms with E-state index in [-0.39, 0.29) is 12.4 Å². The molecule has 0 fully saturated rings. The summed E-state index contributed by atoms with van der Waals surface area (Å²) in [5.41, 5.74) is 0.151. The molecular weight excluding hydrogens is 332 g/mol. The minimum Gasteiger partial charge on any atom is -0.337 e. The van der Waals surface area contributed by atoms with Crippen LogP contribution in [0.4, 0.5) is 0 Å². The largest absolute Gasteiger partial charge is 0.337 e. The molecule has 4 aromatic rings. The molecule has 4 rings (SSSR count). The molecule has 0 aliphatic carbocycles. The van der Waals surface area contributed by atoms with Crippen molar-refractivity contribution in [1.29, 1.82) is 0 Å². The van der Waals surface area contributed by atoms with Crippen LogP contribution in [-0.2, 0) is 6.54 Å². The van der Waals surface area contributed by atoms with Gasteiger partial charge in [0.05, 0.1) is 0 Å². The van der Waals surface area contributed by atoms with Gasteiger partial charge >= 0.3 is 11.1 Å². The zero-order valence-electron chi connectivity index (χ0n) is 13.6. The van der Waals surface area contributed by atoms with Gasteiger partial charge in [-0.1, -0.05) is 53.7 Å². The molecule has 7 nitrogen and oxygen atoms in total. The first kappa shape index (κ1) is 15.8. The van der Waals surface area contributed by atoms with E-state index in [0.717, 1.165) is 5.56 Å². The maximum absolute atomic E-state index is 12.4. The molecule has 2 aromatic heterocycles. The summed E-state index contributed by atoms with van der Waals surface area (Å²) in [4.78, 5) is 29.0. The van der Waals surface area contributed by atoms with Crippen LogP contribution in [0.25, 0.3) is 17.1 Å². The highest BCUT2D eigenvalue weighted by Crippen LogP contribution is 2.14. The highest BCUT2D eigenvalue weighted by molar-refractivity contribution is 5.53. The van der Waals surface area contributed by atoms with Gasteiger partial charge in [-0.15, -0.1) is 0 Å². The zero-order valence-corrected chi connectivity index (χ0v) is 13.6. The van der Waals surface area contributed by atoms with Crippen molar-refractivity contribution < 1.29 is 4.52 Å². The minimum atomic E-state index is -0.657. The van der Waals surface area contributed by atoms with Crippen molar-refractivity contribution >= 4 is 0 Å². The summed E-state index contributed by atoms with van der Waals surface area (Å²) in [7, 11) is 0. The predicted octanol–water partition coefficient (Wildman–Crippen LogP) is 2.10. The Balaban J connectivity index is 1.64. The molecule has 2 heterocycles. The first-order chi connectivity index (χ1) is 12.7. The summed E-state index contributed by atoms with van der Waals surface area (Å²) in [6.07, 6.45) is 3.08. The maximum Gasteiger partial charge on any atom is 0.320 e. The molecule has 0 atom stereocenters. The SMILES string of the molecule is O=c1c(=O)n(-c2ccccc2)ccn1Cc1nc(-c2ccccc2)no1. The summed E-state index contributed by atoms with van der Waals surface area (Å²) in [5.74, 6) is 0.689. The van der Waals surface area contributed by atoms with Crippen molar-refractivity contribution in [3.05, 3.63) is 99.7 Å². The molecule has 0 saturated heterocycles. The van der Waals surface area contributed by atoms with Gasteiger partial charge < -0.3 is 4.52 Å². The summed E-state index contributed by atoms with van der Waals surface area (Å²) < 4.78 is 7.76. The molecule has 128 valence electrons. The molecule has 0 unspecified atom stereocenters. The predicted molar refractivity (Wildman–Crippen MR) is 95.1 cm³/mol. The zero-order chi connectivity index (χ0) is 17.9. The van der Waals surface area contributed by atoms with E-state index in [1.807, 2.05) is 36.4 Å². The Morgan fingerprint density at radius 2 is 1.54 bits per heavy atom. The van der Waals surface area contributed by atoms with Crippen LogP contribution >= 0.6 is 0 Å². The Bertz CT molecular complexity index is 1140. The van der Waals surface area contributed by atoms with Crippen LogP contribution in [0.3, 0.4) is 0 Å². The number of para-hydroxylation sites is 1. The van der Waals surface area contributed by atoms with Crippen LogP contribution < -0.4 is 11.1 Å². The number of hydrogen-bond acceptors (Lipinski definition) is 5. The van der Waals surface area contributed by atoms with E-state index in [1.54, 1.807) is 30.5 Å². The number of nitrogens with zero attached hydrogens (tertiary/aromatic N) is 4. The Labute approximate surface area is 147 Å². The fourth-order valence-electron chi connectivity index (χ4n) is 2.59. The van der Waals surface area contributed by atoms with Crippen LogP contribution in [-0.4, -0.2) is 19.3 Å². The minimum absolute atomic E-state index is 0.0313. The first-order valence-corrected chi connectivity index (χ1v) is 7.98. The lowest BCUT2D eigenvalue weighted by Crippen LogP contribution is -2.40. The molecule has 26 heavy (non-hydrogen) atoms. The summed E-state index contributed by atoms with van der Waals surface area (Å²) >= 11 is 0. The van der Waals surface area contributed by atoms with E-state index in [9.17, 15) is 9.59 Å². The van der Waals surface area contributed by atoms with Gasteiger partial charge in [-0.2, -0.15) is 4.98 Å². The van der Waals surface area contributed by atoms with Crippen molar-refractivity contribution in [3.63, 3.8) is 0 Å². The highest BCUT2D eigenvalue weighted by atomic mass is 16.5. The first-order valence-electron chi connectivity index (χ1n) is 7.98. The fraction of sp³-hybridized carbons (Fsp3) is 0.0526. The molecule has 0 amide bonds. The smallest absolute Gasteiger partial charge is 0.320 e. The molecular formula is C19H14N4O3. The second kappa shape index (κ2) is 6.64. The van der Waals surface area contributed by atoms with E-state index in [4.69, 9.17) is 4.52 Å². The van der Waals surface area contributed by atoms with E-state index in [2.05, 4.69) is 10.1 Å². The highest BCUT2D eigenvalue weighted by Gasteiger charge is 2.12. The molecule has 0 saturated carbocycles. The van der Waals surface area contributed by atoms with Gasteiger partial charge in [-0.25, -0.2) is 0 Å². The monoisotopic (exact) mass is 346 g/mol. The number of benzene rings is 2. The van der Waals surface area contributed by atoms with Gasteiger partial charge in [0.25, 0.3) is 0 Å². The normalized spacial score (nSPS) is 10.8. The summed E-state index contributed by atoms with van der Waals surface area (Å²) in [5, 5.41) is 3.92. The van der Waals surface area contributed by atoms with Crippen LogP contribution in [0.5, 0.6) is 0 Å². The van der Waals surface area contributed by atoms with Gasteiger partial charge in [0.2, 0.25) is 11.7 Å². The van der Waals surface area contributed by atoms with Gasteiger partial charge in [0.1, 0.15) is 6.54 Å². The number of hydrogen-bond donors (Lipinski definition) is 0. The van der Waals surface area contributed by atoms with Gasteiger partial charge in [-0.3, -0.25) is 18.7 Å². The second-order valence-corrected chi connectivity index (χ2v) is 5.62. The van der Waals surface area contributed by atoms with Gasteiger partial charge in [0, 0.05) is 23.6 Å². The van der Waals surface area contributed by atoms with E-state index < -0.39 is 11.1 Å². The van der Waals surface area contributed by atoms with E-state index in [1.165, 1.54) is 15.3 Å². The molecule has 2 aromatic carbocycles. The van der Waals surface area contributed by atoms with Crippen LogP contribution in [0.2, 0.25) is 0 Å². The van der Waals surface area contributed by atoms with Crippen molar-refractivity contribution in [3.8, 4) is 17.1 Å². The molecule has 0 spiro atoms. The van der Waals surface area contributed by atoms with Gasteiger partial charge in [-0.05, 0) is 12.1 Å². The van der Waals surface area contributed by atoms with Crippen LogP contribution in [0.1, 0.15) is 5.89 Å². The van der Waals surface area contributed by atoms with Crippen molar-refractivity contribution in [1.82, 2.24) is 19.3 Å². The average Bonchev–Trinajstić information content (AvgIpc) is 3.16. The summed E-state index contributed by atoms with van der Waals surface area (Å²) in [6, 6.07) is 18.3.